The topological polar surface area (TPSA) is 83.1 Å². The number of piperidine rings is 1. The van der Waals surface area contributed by atoms with Crippen molar-refractivity contribution in [3.63, 3.8) is 0 Å². The van der Waals surface area contributed by atoms with Gasteiger partial charge in [0.25, 0.3) is 0 Å². The number of pyridine rings is 1. The second-order valence-corrected chi connectivity index (χ2v) is 13.5. The fourth-order valence-electron chi connectivity index (χ4n) is 8.60. The van der Waals surface area contributed by atoms with E-state index in [2.05, 4.69) is 33.0 Å². The zero-order chi connectivity index (χ0) is 29.0. The lowest BCUT2D eigenvalue weighted by Gasteiger charge is -2.35. The highest BCUT2D eigenvalue weighted by atomic mass is 19.1. The Kier molecular flexibility index (Phi) is 6.96. The molecule has 4 aromatic rings. The molecule has 1 N–H and O–H groups in total. The Balaban J connectivity index is 1.29. The largest absolute Gasteiger partial charge is 0.461 e. The molecule has 9 heteroatoms. The third kappa shape index (κ3) is 4.75. The van der Waals surface area contributed by atoms with Crippen molar-refractivity contribution in [3.8, 4) is 17.3 Å². The first-order chi connectivity index (χ1) is 21.1. The number of hydrogen-bond acceptors (Lipinski definition) is 7. The van der Waals surface area contributed by atoms with Gasteiger partial charge in [-0.05, 0) is 101 Å². The number of aromatic nitrogens is 5. The van der Waals surface area contributed by atoms with Crippen LogP contribution in [-0.2, 0) is 6.42 Å². The molecule has 0 saturated carbocycles. The lowest BCUT2D eigenvalue weighted by Crippen LogP contribution is -2.43. The van der Waals surface area contributed by atoms with Crippen LogP contribution in [0.1, 0.15) is 81.8 Å². The maximum Gasteiger partial charge on any atom is 0.319 e. The minimum Gasteiger partial charge on any atom is -0.461 e. The normalized spacial score (nSPS) is 22.5. The van der Waals surface area contributed by atoms with Gasteiger partial charge in [0.2, 0.25) is 0 Å². The maximum atomic E-state index is 17.0. The van der Waals surface area contributed by atoms with E-state index in [0.29, 0.717) is 29.1 Å². The average molecular weight is 584 g/mol. The van der Waals surface area contributed by atoms with Crippen molar-refractivity contribution in [2.45, 2.75) is 89.5 Å². The Bertz CT molecular complexity index is 1660. The molecule has 0 aliphatic carbocycles. The minimum absolute atomic E-state index is 0.0633. The summed E-state index contributed by atoms with van der Waals surface area (Å²) >= 11 is 0. The fourth-order valence-corrected chi connectivity index (χ4v) is 8.60. The zero-order valence-electron chi connectivity index (χ0n) is 25.3. The molecule has 9 rings (SSSR count). The van der Waals surface area contributed by atoms with Crippen molar-refractivity contribution in [1.29, 1.82) is 0 Å². The highest BCUT2D eigenvalue weighted by Gasteiger charge is 2.45. The third-order valence-electron chi connectivity index (χ3n) is 10.8. The number of nitrogens with one attached hydrogen (secondary N) is 1. The van der Waals surface area contributed by atoms with Crippen LogP contribution in [0.15, 0.2) is 18.5 Å². The molecular formula is C34H42FN7O. The summed E-state index contributed by atoms with van der Waals surface area (Å²) in [6, 6.07) is 2.42. The summed E-state index contributed by atoms with van der Waals surface area (Å²) in [7, 11) is 0. The minimum atomic E-state index is -0.400. The van der Waals surface area contributed by atoms with Crippen LogP contribution in [0.3, 0.4) is 0 Å². The molecule has 3 fully saturated rings. The van der Waals surface area contributed by atoms with Gasteiger partial charge in [-0.25, -0.2) is 4.39 Å². The van der Waals surface area contributed by atoms with Crippen LogP contribution >= 0.6 is 0 Å². The van der Waals surface area contributed by atoms with E-state index >= 15 is 4.39 Å². The average Bonchev–Trinajstić information content (AvgIpc) is 3.74. The predicted molar refractivity (Wildman–Crippen MR) is 167 cm³/mol. The monoisotopic (exact) mass is 583 g/mol. The summed E-state index contributed by atoms with van der Waals surface area (Å²) in [5.74, 6) is 0.984. The first kappa shape index (κ1) is 27.2. The smallest absolute Gasteiger partial charge is 0.319 e. The van der Waals surface area contributed by atoms with Gasteiger partial charge in [-0.3, -0.25) is 15.0 Å². The number of H-pyrrole nitrogens is 1. The number of ether oxygens (including phenoxy) is 1. The van der Waals surface area contributed by atoms with E-state index < -0.39 is 5.82 Å². The molecular weight excluding hydrogens is 541 g/mol. The number of hydrogen-bond donors (Lipinski definition) is 1. The first-order valence-corrected chi connectivity index (χ1v) is 16.5. The second kappa shape index (κ2) is 11.0. The van der Waals surface area contributed by atoms with Gasteiger partial charge in [0.1, 0.15) is 23.6 Å². The van der Waals surface area contributed by atoms with E-state index in [1.54, 1.807) is 12.4 Å². The number of halogens is 1. The molecule has 43 heavy (non-hydrogen) atoms. The van der Waals surface area contributed by atoms with Gasteiger partial charge in [-0.1, -0.05) is 19.3 Å². The highest BCUT2D eigenvalue weighted by Crippen LogP contribution is 2.41. The zero-order valence-corrected chi connectivity index (χ0v) is 25.3. The van der Waals surface area contributed by atoms with E-state index in [-0.39, 0.29) is 11.5 Å². The Hall–Kier alpha value is -3.33. The Morgan fingerprint density at radius 3 is 2.70 bits per heavy atom. The van der Waals surface area contributed by atoms with E-state index in [1.807, 2.05) is 0 Å². The summed E-state index contributed by atoms with van der Waals surface area (Å²) in [5.41, 5.74) is 4.73. The quantitative estimate of drug-likeness (QED) is 0.286. The fraction of sp³-hybridized carbons (Fsp3) is 0.588. The molecule has 5 aliphatic heterocycles. The van der Waals surface area contributed by atoms with E-state index in [0.717, 1.165) is 91.7 Å². The molecule has 3 aromatic heterocycles. The van der Waals surface area contributed by atoms with Crippen molar-refractivity contribution in [1.82, 2.24) is 30.0 Å². The lowest BCUT2D eigenvalue weighted by atomic mass is 9.89. The number of nitrogens with zero attached hydrogens (tertiary/aromatic N) is 6. The maximum absolute atomic E-state index is 17.0. The standard InChI is InChI=1S/C34H42FN7O/c1-22-17-27-25(19-37-40-27)28-24(22)11-5-3-2-4-9-23-10-6-14-41(20-23)32-26-18-36-31(28)29(35)30(26)38-33(39-32)43-21-34-12-7-15-42(34)16-8-13-34/h17-19,23H,2-16,20-21H2,1H3,(H,37,40). The van der Waals surface area contributed by atoms with Gasteiger partial charge in [0, 0.05) is 30.2 Å². The number of benzene rings is 1. The van der Waals surface area contributed by atoms with Gasteiger partial charge < -0.3 is 9.64 Å². The van der Waals surface area contributed by atoms with Crippen LogP contribution in [0.4, 0.5) is 10.2 Å². The summed E-state index contributed by atoms with van der Waals surface area (Å²) in [5, 5.41) is 8.99. The number of fused-ring (bicyclic) bond motifs is 8. The lowest BCUT2D eigenvalue weighted by molar-refractivity contribution is 0.108. The summed E-state index contributed by atoms with van der Waals surface area (Å²) in [4.78, 5) is 19.6. The van der Waals surface area contributed by atoms with Crippen molar-refractivity contribution >= 4 is 27.6 Å². The van der Waals surface area contributed by atoms with Crippen LogP contribution in [0.2, 0.25) is 0 Å². The molecule has 8 nitrogen and oxygen atoms in total. The van der Waals surface area contributed by atoms with E-state index in [9.17, 15) is 0 Å². The summed E-state index contributed by atoms with van der Waals surface area (Å²) in [6.07, 6.45) is 17.5. The van der Waals surface area contributed by atoms with Crippen molar-refractivity contribution in [2.24, 2.45) is 5.92 Å². The molecule has 226 valence electrons. The van der Waals surface area contributed by atoms with Gasteiger partial charge in [0.05, 0.1) is 22.6 Å². The van der Waals surface area contributed by atoms with Crippen molar-refractivity contribution in [3.05, 3.63) is 35.4 Å². The van der Waals surface area contributed by atoms with Crippen molar-refractivity contribution in [2.75, 3.05) is 37.7 Å². The van der Waals surface area contributed by atoms with Gasteiger partial charge >= 0.3 is 6.01 Å². The molecule has 1 unspecified atom stereocenters. The molecule has 3 saturated heterocycles. The van der Waals surface area contributed by atoms with Crippen LogP contribution in [0, 0.1) is 18.7 Å². The molecule has 0 spiro atoms. The number of rotatable bonds is 3. The van der Waals surface area contributed by atoms with Crippen LogP contribution in [0.5, 0.6) is 6.01 Å². The molecule has 0 radical (unpaired) electrons. The number of aryl methyl sites for hydroxylation is 1. The molecule has 5 aliphatic rings. The van der Waals surface area contributed by atoms with Gasteiger partial charge in [-0.2, -0.15) is 15.1 Å². The van der Waals surface area contributed by atoms with Crippen LogP contribution in [-0.4, -0.2) is 68.4 Å². The molecule has 6 bridgehead atoms. The third-order valence-corrected chi connectivity index (χ3v) is 10.8. The van der Waals surface area contributed by atoms with E-state index in [4.69, 9.17) is 19.7 Å². The van der Waals surface area contributed by atoms with Gasteiger partial charge in [0.15, 0.2) is 5.82 Å². The van der Waals surface area contributed by atoms with Crippen LogP contribution < -0.4 is 9.64 Å². The number of aromatic amines is 1. The molecule has 1 aromatic carbocycles. The number of anilines is 1. The van der Waals surface area contributed by atoms with E-state index in [1.165, 1.54) is 44.9 Å². The first-order valence-electron chi connectivity index (χ1n) is 16.5. The Morgan fingerprint density at radius 1 is 0.977 bits per heavy atom. The highest BCUT2D eigenvalue weighted by molar-refractivity contribution is 5.99. The molecule has 1 atom stereocenters. The SMILES string of the molecule is Cc1cc2[nH]ncc2c2c1CCCCCCC1CCCN(C1)c1nc(OCC34CCCN3CCC4)nc3c(F)c-2ncc13. The summed E-state index contributed by atoms with van der Waals surface area (Å²) in [6.45, 7) is 6.77. The molecule has 0 amide bonds. The predicted octanol–water partition coefficient (Wildman–Crippen LogP) is 6.75. The Morgan fingerprint density at radius 2 is 1.81 bits per heavy atom. The van der Waals surface area contributed by atoms with Crippen molar-refractivity contribution < 1.29 is 9.13 Å². The van der Waals surface area contributed by atoms with Crippen LogP contribution in [0.25, 0.3) is 33.1 Å². The second-order valence-electron chi connectivity index (χ2n) is 13.5. The molecule has 8 heterocycles. The summed E-state index contributed by atoms with van der Waals surface area (Å²) < 4.78 is 23.5. The Labute approximate surface area is 252 Å². The van der Waals surface area contributed by atoms with Gasteiger partial charge in [-0.15, -0.1) is 0 Å².